The smallest absolute Gasteiger partial charge is 0.154 e. The number of hydrogen-bond donors (Lipinski definition) is 2. The molecule has 0 fully saturated rings. The second kappa shape index (κ2) is 8.69. The Bertz CT molecular complexity index is 702. The topological polar surface area (TPSA) is 74.6 Å². The molecule has 1 aromatic carbocycles. The number of carbonyl (C=O) groups is 2. The number of aromatic hydroxyl groups is 2. The number of carbonyl (C=O) groups excluding carboxylic acids is 2. The van der Waals surface area contributed by atoms with Gasteiger partial charge in [-0.15, -0.1) is 0 Å². The number of Topliss-reactive ketones (excluding diaryl/α,β-unsaturated/α-hetero) is 1. The van der Waals surface area contributed by atoms with Gasteiger partial charge in [0.25, 0.3) is 0 Å². The molecule has 1 rings (SSSR count). The quantitative estimate of drug-likeness (QED) is 0.559. The van der Waals surface area contributed by atoms with E-state index in [-0.39, 0.29) is 45.8 Å². The monoisotopic (exact) mass is 350 g/mol. The normalized spacial score (nSPS) is 13.3. The third-order valence-electron chi connectivity index (χ3n) is 4.05. The van der Waals surface area contributed by atoms with Gasteiger partial charge in [-0.25, -0.2) is 0 Å². The molecule has 5 heteroatoms. The molecule has 0 saturated carbocycles. The standard InChI is InChI=1S/C19H23ClO4/c1-11(6-5-7-12(2)14(4)22)8-9-15-18(23)16(10-21)13(3)17(20)19(15)24/h5,7-8,10,12,23-24H,6,9H2,1-4H3/b7-5+,11-8?. The third kappa shape index (κ3) is 4.71. The summed E-state index contributed by atoms with van der Waals surface area (Å²) in [6, 6.07) is 0. The number of rotatable bonds is 7. The van der Waals surface area contributed by atoms with Crippen molar-refractivity contribution < 1.29 is 19.8 Å². The zero-order valence-corrected chi connectivity index (χ0v) is 15.1. The molecule has 0 heterocycles. The Kier molecular flexibility index (Phi) is 7.23. The first-order chi connectivity index (χ1) is 11.2. The molecule has 0 radical (unpaired) electrons. The summed E-state index contributed by atoms with van der Waals surface area (Å²) >= 11 is 6.02. The predicted molar refractivity (Wildman–Crippen MR) is 96.0 cm³/mol. The van der Waals surface area contributed by atoms with E-state index in [4.69, 9.17) is 11.6 Å². The molecule has 0 aliphatic heterocycles. The average Bonchev–Trinajstić information content (AvgIpc) is 2.53. The maximum Gasteiger partial charge on any atom is 0.154 e. The van der Waals surface area contributed by atoms with E-state index >= 15 is 0 Å². The minimum absolute atomic E-state index is 0.0751. The molecule has 24 heavy (non-hydrogen) atoms. The van der Waals surface area contributed by atoms with E-state index in [1.807, 2.05) is 32.1 Å². The summed E-state index contributed by atoms with van der Waals surface area (Å²) in [4.78, 5) is 22.3. The van der Waals surface area contributed by atoms with Crippen molar-refractivity contribution in [2.24, 2.45) is 5.92 Å². The van der Waals surface area contributed by atoms with Gasteiger partial charge in [-0.3, -0.25) is 9.59 Å². The van der Waals surface area contributed by atoms with Crippen LogP contribution in [0.4, 0.5) is 0 Å². The Labute approximate surface area is 147 Å². The molecule has 0 amide bonds. The van der Waals surface area contributed by atoms with Crippen LogP contribution in [-0.2, 0) is 11.2 Å². The van der Waals surface area contributed by atoms with E-state index in [1.165, 1.54) is 0 Å². The molecule has 1 unspecified atom stereocenters. The van der Waals surface area contributed by atoms with Crippen molar-refractivity contribution in [2.45, 2.75) is 40.5 Å². The lowest BCUT2D eigenvalue weighted by Gasteiger charge is -2.13. The lowest BCUT2D eigenvalue weighted by Crippen LogP contribution is -2.01. The second-order valence-electron chi connectivity index (χ2n) is 5.93. The molecular weight excluding hydrogens is 328 g/mol. The Hall–Kier alpha value is -2.07. The van der Waals surface area contributed by atoms with Crippen molar-refractivity contribution in [1.82, 2.24) is 0 Å². The maximum atomic E-state index is 11.2. The largest absolute Gasteiger partial charge is 0.507 e. The number of phenolic OH excluding ortho intramolecular Hbond substituents is 2. The van der Waals surface area contributed by atoms with Crippen LogP contribution in [0.5, 0.6) is 11.5 Å². The fourth-order valence-electron chi connectivity index (χ4n) is 2.17. The van der Waals surface area contributed by atoms with Crippen LogP contribution in [0.1, 0.15) is 48.7 Å². The van der Waals surface area contributed by atoms with Crippen molar-refractivity contribution in [3.05, 3.63) is 45.5 Å². The number of aldehydes is 1. The molecule has 1 aromatic rings. The van der Waals surface area contributed by atoms with Gasteiger partial charge in [-0.1, -0.05) is 42.3 Å². The highest BCUT2D eigenvalue weighted by atomic mass is 35.5. The van der Waals surface area contributed by atoms with E-state index in [0.29, 0.717) is 18.3 Å². The van der Waals surface area contributed by atoms with E-state index in [9.17, 15) is 19.8 Å². The predicted octanol–water partition coefficient (Wildman–Crippen LogP) is 4.53. The Balaban J connectivity index is 2.96. The number of phenols is 2. The van der Waals surface area contributed by atoms with Crippen molar-refractivity contribution in [3.8, 4) is 11.5 Å². The van der Waals surface area contributed by atoms with E-state index in [2.05, 4.69) is 0 Å². The minimum atomic E-state index is -0.241. The third-order valence-corrected chi connectivity index (χ3v) is 4.51. The van der Waals surface area contributed by atoms with Crippen molar-refractivity contribution in [3.63, 3.8) is 0 Å². The zero-order chi connectivity index (χ0) is 18.4. The molecule has 4 nitrogen and oxygen atoms in total. The van der Waals surface area contributed by atoms with E-state index in [0.717, 1.165) is 5.57 Å². The molecule has 0 aliphatic rings. The molecule has 130 valence electrons. The van der Waals surface area contributed by atoms with Gasteiger partial charge in [0.05, 0.1) is 10.6 Å². The Morgan fingerprint density at radius 2 is 1.88 bits per heavy atom. The van der Waals surface area contributed by atoms with Gasteiger partial charge in [-0.05, 0) is 39.2 Å². The minimum Gasteiger partial charge on any atom is -0.507 e. The number of ketones is 1. The van der Waals surface area contributed by atoms with E-state index < -0.39 is 0 Å². The van der Waals surface area contributed by atoms with Crippen LogP contribution in [0.3, 0.4) is 0 Å². The molecule has 2 N–H and O–H groups in total. The summed E-state index contributed by atoms with van der Waals surface area (Å²) < 4.78 is 0. The summed E-state index contributed by atoms with van der Waals surface area (Å²) in [5.74, 6) is -0.452. The van der Waals surface area contributed by atoms with Crippen LogP contribution in [0.15, 0.2) is 23.8 Å². The number of allylic oxidation sites excluding steroid dienone is 4. The summed E-state index contributed by atoms with van der Waals surface area (Å²) in [5, 5.41) is 20.4. The van der Waals surface area contributed by atoms with Crippen molar-refractivity contribution >= 4 is 23.7 Å². The van der Waals surface area contributed by atoms with Gasteiger partial charge < -0.3 is 10.2 Å². The lowest BCUT2D eigenvalue weighted by atomic mass is 9.99. The van der Waals surface area contributed by atoms with Gasteiger partial charge in [-0.2, -0.15) is 0 Å². The van der Waals surface area contributed by atoms with Crippen LogP contribution < -0.4 is 0 Å². The molecule has 0 saturated heterocycles. The molecular formula is C19H23ClO4. The first kappa shape index (κ1) is 20.0. The lowest BCUT2D eigenvalue weighted by molar-refractivity contribution is -0.118. The average molecular weight is 351 g/mol. The zero-order valence-electron chi connectivity index (χ0n) is 14.4. The summed E-state index contributed by atoms with van der Waals surface area (Å²) in [6.45, 7) is 6.86. The highest BCUT2D eigenvalue weighted by Gasteiger charge is 2.19. The van der Waals surface area contributed by atoms with Crippen LogP contribution in [0.25, 0.3) is 0 Å². The number of hydrogen-bond acceptors (Lipinski definition) is 4. The summed E-state index contributed by atoms with van der Waals surface area (Å²) in [5.41, 5.74) is 1.68. The Morgan fingerprint density at radius 1 is 1.25 bits per heavy atom. The highest BCUT2D eigenvalue weighted by molar-refractivity contribution is 6.33. The van der Waals surface area contributed by atoms with Crippen LogP contribution in [-0.4, -0.2) is 22.3 Å². The summed E-state index contributed by atoms with van der Waals surface area (Å²) in [7, 11) is 0. The van der Waals surface area contributed by atoms with Crippen molar-refractivity contribution in [2.75, 3.05) is 0 Å². The van der Waals surface area contributed by atoms with Crippen LogP contribution >= 0.6 is 11.6 Å². The Morgan fingerprint density at radius 3 is 2.42 bits per heavy atom. The fourth-order valence-corrected chi connectivity index (χ4v) is 2.39. The summed E-state index contributed by atoms with van der Waals surface area (Å²) in [6.07, 6.45) is 7.04. The molecule has 0 bridgehead atoms. The number of benzene rings is 1. The SMILES string of the molecule is CC(=O)C(C)/C=C/CC(C)=CCc1c(O)c(Cl)c(C)c(C=O)c1O. The fraction of sp³-hybridized carbons (Fsp3) is 0.368. The molecule has 0 aromatic heterocycles. The van der Waals surface area contributed by atoms with Gasteiger partial charge in [0.1, 0.15) is 17.3 Å². The number of halogens is 1. The molecule has 0 spiro atoms. The second-order valence-corrected chi connectivity index (χ2v) is 6.31. The van der Waals surface area contributed by atoms with Gasteiger partial charge >= 0.3 is 0 Å². The van der Waals surface area contributed by atoms with Gasteiger partial charge in [0.15, 0.2) is 6.29 Å². The van der Waals surface area contributed by atoms with Gasteiger partial charge in [0, 0.05) is 11.5 Å². The first-order valence-corrected chi connectivity index (χ1v) is 8.09. The van der Waals surface area contributed by atoms with Crippen LogP contribution in [0, 0.1) is 12.8 Å². The van der Waals surface area contributed by atoms with Gasteiger partial charge in [0.2, 0.25) is 0 Å². The molecule has 1 atom stereocenters. The highest BCUT2D eigenvalue weighted by Crippen LogP contribution is 2.40. The van der Waals surface area contributed by atoms with E-state index in [1.54, 1.807) is 13.8 Å². The van der Waals surface area contributed by atoms with Crippen molar-refractivity contribution in [1.29, 1.82) is 0 Å². The van der Waals surface area contributed by atoms with Crippen LogP contribution in [0.2, 0.25) is 5.02 Å². The first-order valence-electron chi connectivity index (χ1n) is 7.71. The maximum absolute atomic E-state index is 11.2. The molecule has 0 aliphatic carbocycles.